The van der Waals surface area contributed by atoms with Crippen LogP contribution in [-0.4, -0.2) is 38.0 Å². The van der Waals surface area contributed by atoms with Crippen LogP contribution in [0.5, 0.6) is 0 Å². The lowest BCUT2D eigenvalue weighted by molar-refractivity contribution is -0.139. The number of hydrogen-bond donors (Lipinski definition) is 3. The van der Waals surface area contributed by atoms with Crippen LogP contribution in [-0.2, 0) is 14.8 Å². The molecule has 0 heterocycles. The largest absolute Gasteiger partial charge is 0.480 e. The van der Waals surface area contributed by atoms with E-state index in [4.69, 9.17) is 11.6 Å². The van der Waals surface area contributed by atoms with Gasteiger partial charge in [0.2, 0.25) is 10.0 Å². The van der Waals surface area contributed by atoms with Crippen molar-refractivity contribution in [3.05, 3.63) is 89.2 Å². The highest BCUT2D eigenvalue weighted by molar-refractivity contribution is 7.89. The van der Waals surface area contributed by atoms with Gasteiger partial charge in [-0.3, -0.25) is 9.59 Å². The number of carboxylic acids is 1. The van der Waals surface area contributed by atoms with Gasteiger partial charge < -0.3 is 10.4 Å². The topological polar surface area (TPSA) is 113 Å². The Bertz CT molecular complexity index is 1250. The highest BCUT2D eigenvalue weighted by atomic mass is 35.5. The maximum Gasteiger partial charge on any atom is 0.321 e. The third-order valence-electron chi connectivity index (χ3n) is 5.00. The normalized spacial score (nSPS) is 12.2. The molecule has 1 amide bonds. The summed E-state index contributed by atoms with van der Waals surface area (Å²) in [6.07, 6.45) is 0.170. The van der Waals surface area contributed by atoms with Crippen LogP contribution in [0.2, 0.25) is 5.02 Å². The van der Waals surface area contributed by atoms with Crippen LogP contribution < -0.4 is 10.0 Å². The first-order valence-electron chi connectivity index (χ1n) is 10.3. The molecule has 178 valence electrons. The Labute approximate surface area is 201 Å². The van der Waals surface area contributed by atoms with Gasteiger partial charge in [0.25, 0.3) is 5.91 Å². The van der Waals surface area contributed by atoms with Crippen LogP contribution >= 0.6 is 11.6 Å². The Morgan fingerprint density at radius 3 is 2.03 bits per heavy atom. The molecule has 0 saturated carbocycles. The molecule has 3 N–H and O–H groups in total. The summed E-state index contributed by atoms with van der Waals surface area (Å²) in [5.41, 5.74) is 1.90. The van der Waals surface area contributed by atoms with Gasteiger partial charge in [0.1, 0.15) is 11.9 Å². The highest BCUT2D eigenvalue weighted by Gasteiger charge is 2.25. The second-order valence-corrected chi connectivity index (χ2v) is 9.60. The van der Waals surface area contributed by atoms with Crippen molar-refractivity contribution in [2.75, 3.05) is 6.54 Å². The average molecular weight is 505 g/mol. The fourth-order valence-electron chi connectivity index (χ4n) is 3.17. The zero-order valence-corrected chi connectivity index (χ0v) is 19.4. The van der Waals surface area contributed by atoms with Crippen molar-refractivity contribution in [3.63, 3.8) is 0 Å². The number of sulfonamides is 1. The Morgan fingerprint density at radius 2 is 1.47 bits per heavy atom. The molecule has 0 aliphatic rings. The fraction of sp³-hybridized carbons (Fsp3) is 0.167. The average Bonchev–Trinajstić information content (AvgIpc) is 2.81. The van der Waals surface area contributed by atoms with Gasteiger partial charge in [-0.25, -0.2) is 12.8 Å². The Morgan fingerprint density at radius 1 is 0.912 bits per heavy atom. The number of carbonyl (C=O) groups is 2. The van der Waals surface area contributed by atoms with Crippen LogP contribution in [0.25, 0.3) is 11.1 Å². The van der Waals surface area contributed by atoms with E-state index in [2.05, 4.69) is 10.0 Å². The van der Waals surface area contributed by atoms with E-state index < -0.39 is 33.8 Å². The summed E-state index contributed by atoms with van der Waals surface area (Å²) in [7, 11) is -4.09. The molecule has 34 heavy (non-hydrogen) atoms. The number of nitrogens with one attached hydrogen (secondary N) is 2. The first kappa shape index (κ1) is 25.4. The molecule has 0 spiro atoms. The molecule has 3 aromatic carbocycles. The van der Waals surface area contributed by atoms with Crippen molar-refractivity contribution in [1.29, 1.82) is 0 Å². The molecule has 0 radical (unpaired) electrons. The second kappa shape index (κ2) is 11.2. The van der Waals surface area contributed by atoms with Crippen LogP contribution in [0.1, 0.15) is 23.2 Å². The Hall–Kier alpha value is -3.27. The number of carbonyl (C=O) groups excluding carboxylic acids is 1. The molecular weight excluding hydrogens is 483 g/mol. The predicted octanol–water partition coefficient (Wildman–Crippen LogP) is 4.09. The van der Waals surface area contributed by atoms with Gasteiger partial charge in [-0.2, -0.15) is 4.72 Å². The monoisotopic (exact) mass is 504 g/mol. The smallest absolute Gasteiger partial charge is 0.321 e. The summed E-state index contributed by atoms with van der Waals surface area (Å²) in [4.78, 5) is 23.6. The van der Waals surface area contributed by atoms with E-state index >= 15 is 0 Å². The molecule has 0 unspecified atom stereocenters. The summed E-state index contributed by atoms with van der Waals surface area (Å²) in [5, 5.41) is 12.6. The van der Waals surface area contributed by atoms with Crippen molar-refractivity contribution in [3.8, 4) is 11.1 Å². The molecule has 0 aliphatic heterocycles. The molecule has 3 aromatic rings. The number of aliphatic carboxylic acids is 1. The minimum Gasteiger partial charge on any atom is -0.480 e. The number of halogens is 2. The summed E-state index contributed by atoms with van der Waals surface area (Å²) in [6, 6.07) is 16.7. The van der Waals surface area contributed by atoms with Gasteiger partial charge in [0.05, 0.1) is 4.90 Å². The maximum absolute atomic E-state index is 12.9. The molecule has 0 aliphatic carbocycles. The van der Waals surface area contributed by atoms with Crippen LogP contribution in [0.15, 0.2) is 77.7 Å². The third kappa shape index (κ3) is 6.86. The zero-order valence-electron chi connectivity index (χ0n) is 17.9. The van der Waals surface area contributed by atoms with E-state index in [1.807, 2.05) is 0 Å². The summed E-state index contributed by atoms with van der Waals surface area (Å²) in [6.45, 7) is 0.123. The van der Waals surface area contributed by atoms with E-state index in [9.17, 15) is 27.5 Å². The Balaban J connectivity index is 1.57. The van der Waals surface area contributed by atoms with Crippen molar-refractivity contribution in [2.45, 2.75) is 23.8 Å². The van der Waals surface area contributed by atoms with E-state index in [0.717, 1.165) is 23.3 Å². The summed E-state index contributed by atoms with van der Waals surface area (Å²) >= 11 is 5.88. The van der Waals surface area contributed by atoms with Gasteiger partial charge in [-0.1, -0.05) is 35.9 Å². The van der Waals surface area contributed by atoms with Gasteiger partial charge in [-0.05, 0) is 72.5 Å². The first-order valence-corrected chi connectivity index (χ1v) is 12.2. The van der Waals surface area contributed by atoms with E-state index in [-0.39, 0.29) is 29.8 Å². The molecular formula is C24H22ClFN2O5S. The first-order chi connectivity index (χ1) is 16.2. The van der Waals surface area contributed by atoms with Crippen LogP contribution in [0.4, 0.5) is 4.39 Å². The molecule has 0 bridgehead atoms. The summed E-state index contributed by atoms with van der Waals surface area (Å²) in [5.74, 6) is -2.23. The minimum absolute atomic E-state index is 0.0406. The third-order valence-corrected chi connectivity index (χ3v) is 6.74. The fourth-order valence-corrected chi connectivity index (χ4v) is 4.52. The van der Waals surface area contributed by atoms with Gasteiger partial charge in [0.15, 0.2) is 0 Å². The SMILES string of the molecule is O=C(NCCC[C@@H](NS(=O)(=O)c1ccc(-c2ccc(Cl)cc2)cc1)C(=O)O)c1ccc(F)cc1. The van der Waals surface area contributed by atoms with E-state index in [0.29, 0.717) is 5.02 Å². The molecule has 0 aromatic heterocycles. The summed E-state index contributed by atoms with van der Waals surface area (Å²) < 4.78 is 40.5. The molecule has 0 fully saturated rings. The predicted molar refractivity (Wildman–Crippen MR) is 127 cm³/mol. The standard InChI is InChI=1S/C24H22ClFN2O5S/c25-19-9-3-16(4-10-19)17-7-13-21(14-8-17)34(32,33)28-22(24(30)31)2-1-15-27-23(29)18-5-11-20(26)12-6-18/h3-14,22,28H,1-2,15H2,(H,27,29)(H,30,31)/t22-/m1/s1. The lowest BCUT2D eigenvalue weighted by atomic mass is 10.1. The van der Waals surface area contributed by atoms with Crippen LogP contribution in [0, 0.1) is 5.82 Å². The number of benzene rings is 3. The number of rotatable bonds is 10. The zero-order chi connectivity index (χ0) is 24.7. The van der Waals surface area contributed by atoms with Crippen molar-refractivity contribution >= 4 is 33.5 Å². The number of hydrogen-bond acceptors (Lipinski definition) is 4. The molecule has 3 rings (SSSR count). The molecule has 0 saturated heterocycles. The van der Waals surface area contributed by atoms with Gasteiger partial charge in [0, 0.05) is 17.1 Å². The lowest BCUT2D eigenvalue weighted by Gasteiger charge is -2.15. The molecule has 10 heteroatoms. The Kier molecular flexibility index (Phi) is 8.38. The van der Waals surface area contributed by atoms with E-state index in [1.54, 1.807) is 36.4 Å². The molecule has 1 atom stereocenters. The quantitative estimate of drug-likeness (QED) is 0.360. The van der Waals surface area contributed by atoms with Gasteiger partial charge >= 0.3 is 5.97 Å². The highest BCUT2D eigenvalue weighted by Crippen LogP contribution is 2.23. The van der Waals surface area contributed by atoms with Crippen LogP contribution in [0.3, 0.4) is 0 Å². The number of carboxylic acid groups (broad SMARTS) is 1. The lowest BCUT2D eigenvalue weighted by Crippen LogP contribution is -2.41. The van der Waals surface area contributed by atoms with Crippen molar-refractivity contribution in [2.24, 2.45) is 0 Å². The van der Waals surface area contributed by atoms with Crippen molar-refractivity contribution in [1.82, 2.24) is 10.0 Å². The van der Waals surface area contributed by atoms with E-state index in [1.165, 1.54) is 24.3 Å². The second-order valence-electron chi connectivity index (χ2n) is 7.45. The number of amides is 1. The van der Waals surface area contributed by atoms with Crippen molar-refractivity contribution < 1.29 is 27.5 Å². The molecule has 7 nitrogen and oxygen atoms in total. The maximum atomic E-state index is 12.9. The minimum atomic E-state index is -4.09. The van der Waals surface area contributed by atoms with Gasteiger partial charge in [-0.15, -0.1) is 0 Å².